The Morgan fingerprint density at radius 1 is 1.40 bits per heavy atom. The second-order valence-electron chi connectivity index (χ2n) is 4.53. The molecular weight excluding hydrogens is 410 g/mol. The first-order valence-electron chi connectivity index (χ1n) is 6.18. The fourth-order valence-corrected chi connectivity index (χ4v) is 4.76. The van der Waals surface area contributed by atoms with Crippen molar-refractivity contribution in [1.29, 1.82) is 0 Å². The number of rotatable bonds is 3. The van der Waals surface area contributed by atoms with E-state index in [4.69, 9.17) is 0 Å². The molecule has 0 bridgehead atoms. The van der Waals surface area contributed by atoms with Gasteiger partial charge in [0.15, 0.2) is 0 Å². The summed E-state index contributed by atoms with van der Waals surface area (Å²) in [5.74, 6) is -0.157. The lowest BCUT2D eigenvalue weighted by molar-refractivity contribution is -0.132. The Morgan fingerprint density at radius 3 is 2.60 bits per heavy atom. The quantitative estimate of drug-likeness (QED) is 0.804. The Hall–Kier alpha value is -0.440. The highest BCUT2D eigenvalue weighted by molar-refractivity contribution is 9.12. The van der Waals surface area contributed by atoms with Gasteiger partial charge in [-0.3, -0.25) is 9.59 Å². The van der Waals surface area contributed by atoms with Crippen LogP contribution >= 0.6 is 43.2 Å². The third kappa shape index (κ3) is 3.81. The van der Waals surface area contributed by atoms with Gasteiger partial charge in [-0.25, -0.2) is 0 Å². The Morgan fingerprint density at radius 2 is 2.05 bits per heavy atom. The number of carbonyl (C=O) groups is 2. The van der Waals surface area contributed by atoms with Gasteiger partial charge in [-0.2, -0.15) is 0 Å². The summed E-state index contributed by atoms with van der Waals surface area (Å²) in [4.78, 5) is 27.7. The lowest BCUT2D eigenvalue weighted by Crippen LogP contribution is -2.49. The van der Waals surface area contributed by atoms with Crippen molar-refractivity contribution in [2.75, 3.05) is 39.8 Å². The topological polar surface area (TPSA) is 52.7 Å². The zero-order chi connectivity index (χ0) is 14.7. The maximum absolute atomic E-state index is 12.3. The molecule has 0 aromatic carbocycles. The Kier molecular flexibility index (Phi) is 5.59. The van der Waals surface area contributed by atoms with E-state index >= 15 is 0 Å². The fourth-order valence-electron chi connectivity index (χ4n) is 1.98. The highest BCUT2D eigenvalue weighted by Crippen LogP contribution is 2.32. The second kappa shape index (κ2) is 7.02. The van der Waals surface area contributed by atoms with Crippen LogP contribution in [0.15, 0.2) is 13.6 Å². The van der Waals surface area contributed by atoms with Crippen LogP contribution in [0.25, 0.3) is 0 Å². The monoisotopic (exact) mass is 423 g/mol. The summed E-state index contributed by atoms with van der Waals surface area (Å²) >= 11 is 8.16. The molecule has 110 valence electrons. The van der Waals surface area contributed by atoms with Gasteiger partial charge >= 0.3 is 0 Å². The van der Waals surface area contributed by atoms with E-state index < -0.39 is 0 Å². The molecule has 20 heavy (non-hydrogen) atoms. The molecule has 0 radical (unpaired) electrons. The summed E-state index contributed by atoms with van der Waals surface area (Å²) in [5.41, 5.74) is 0.581. The number of thiophene rings is 1. The second-order valence-corrected chi connectivity index (χ2v) is 8.28. The number of hydrogen-bond acceptors (Lipinski definition) is 4. The average Bonchev–Trinajstić information content (AvgIpc) is 2.77. The number of amides is 2. The highest BCUT2D eigenvalue weighted by Gasteiger charge is 2.22. The molecule has 1 aromatic rings. The third-order valence-corrected chi connectivity index (χ3v) is 5.42. The van der Waals surface area contributed by atoms with Crippen LogP contribution < -0.4 is 5.32 Å². The molecule has 5 nitrogen and oxygen atoms in total. The van der Waals surface area contributed by atoms with Crippen molar-refractivity contribution in [2.45, 2.75) is 0 Å². The molecule has 1 fully saturated rings. The molecule has 0 aliphatic carbocycles. The van der Waals surface area contributed by atoms with E-state index in [-0.39, 0.29) is 18.4 Å². The number of piperazine rings is 1. The van der Waals surface area contributed by atoms with Crippen LogP contribution in [0.1, 0.15) is 10.4 Å². The van der Waals surface area contributed by atoms with E-state index in [9.17, 15) is 9.59 Å². The minimum absolute atomic E-state index is 0.00670. The highest BCUT2D eigenvalue weighted by atomic mass is 79.9. The summed E-state index contributed by atoms with van der Waals surface area (Å²) < 4.78 is 1.66. The summed E-state index contributed by atoms with van der Waals surface area (Å²) in [7, 11) is 1.65. The molecule has 0 spiro atoms. The smallest absolute Gasteiger partial charge is 0.256 e. The van der Waals surface area contributed by atoms with E-state index in [0.717, 1.165) is 20.7 Å². The van der Waals surface area contributed by atoms with Crippen LogP contribution in [0.2, 0.25) is 0 Å². The molecule has 1 aromatic heterocycles. The van der Waals surface area contributed by atoms with Gasteiger partial charge in [0, 0.05) is 33.2 Å². The SMILES string of the molecule is CN(CC(=O)N1CCNCC1)C(=O)c1cc(Br)sc1Br. The molecule has 0 saturated carbocycles. The number of likely N-dealkylation sites (N-methyl/N-ethyl adjacent to an activating group) is 1. The normalized spacial score (nSPS) is 15.2. The van der Waals surface area contributed by atoms with Crippen molar-refractivity contribution in [1.82, 2.24) is 15.1 Å². The first-order valence-corrected chi connectivity index (χ1v) is 8.58. The van der Waals surface area contributed by atoms with Crippen molar-refractivity contribution in [3.05, 3.63) is 19.2 Å². The lowest BCUT2D eigenvalue weighted by Gasteiger charge is -2.29. The molecule has 2 heterocycles. The molecule has 2 rings (SSSR count). The van der Waals surface area contributed by atoms with E-state index in [1.165, 1.54) is 16.2 Å². The van der Waals surface area contributed by atoms with Crippen LogP contribution in [0.5, 0.6) is 0 Å². The number of halogens is 2. The maximum Gasteiger partial charge on any atom is 0.256 e. The third-order valence-electron chi connectivity index (χ3n) is 3.08. The minimum atomic E-state index is -0.151. The molecule has 1 aliphatic heterocycles. The molecule has 1 N–H and O–H groups in total. The van der Waals surface area contributed by atoms with Crippen LogP contribution in [0.3, 0.4) is 0 Å². The number of hydrogen-bond donors (Lipinski definition) is 1. The van der Waals surface area contributed by atoms with Crippen molar-refractivity contribution in [2.24, 2.45) is 0 Å². The zero-order valence-corrected chi connectivity index (χ0v) is 15.0. The molecule has 2 amide bonds. The fraction of sp³-hybridized carbons (Fsp3) is 0.500. The number of carbonyl (C=O) groups excluding carboxylic acids is 2. The number of nitrogens with one attached hydrogen (secondary N) is 1. The van der Waals surface area contributed by atoms with Gasteiger partial charge in [0.1, 0.15) is 0 Å². The predicted octanol–water partition coefficient (Wildman–Crippen LogP) is 1.78. The standard InChI is InChI=1S/C12H15Br2N3O2S/c1-16(7-10(18)17-4-2-15-3-5-17)12(19)8-6-9(13)20-11(8)14/h6,15H,2-5,7H2,1H3. The van der Waals surface area contributed by atoms with Crippen LogP contribution in [0.4, 0.5) is 0 Å². The number of nitrogens with zero attached hydrogens (tertiary/aromatic N) is 2. The molecule has 8 heteroatoms. The molecule has 1 saturated heterocycles. The maximum atomic E-state index is 12.3. The first kappa shape index (κ1) is 15.9. The van der Waals surface area contributed by atoms with Crippen molar-refractivity contribution in [3.63, 3.8) is 0 Å². The Balaban J connectivity index is 1.97. The van der Waals surface area contributed by atoms with Gasteiger partial charge in [-0.15, -0.1) is 11.3 Å². The molecule has 1 aliphatic rings. The summed E-state index contributed by atoms with van der Waals surface area (Å²) in [6.07, 6.45) is 0. The Labute approximate surface area is 138 Å². The average molecular weight is 425 g/mol. The summed E-state index contributed by atoms with van der Waals surface area (Å²) in [6, 6.07) is 1.77. The molecule has 0 unspecified atom stereocenters. The van der Waals surface area contributed by atoms with Gasteiger partial charge in [-0.05, 0) is 37.9 Å². The van der Waals surface area contributed by atoms with Crippen molar-refractivity contribution in [3.8, 4) is 0 Å². The molecule has 0 atom stereocenters. The zero-order valence-electron chi connectivity index (χ0n) is 11.0. The van der Waals surface area contributed by atoms with E-state index in [2.05, 4.69) is 37.2 Å². The predicted molar refractivity (Wildman–Crippen MR) is 86.1 cm³/mol. The van der Waals surface area contributed by atoms with Crippen molar-refractivity contribution < 1.29 is 9.59 Å². The minimum Gasteiger partial charge on any atom is -0.339 e. The van der Waals surface area contributed by atoms with Gasteiger partial charge in [0.2, 0.25) is 5.91 Å². The van der Waals surface area contributed by atoms with Gasteiger partial charge in [0.25, 0.3) is 5.91 Å². The summed E-state index contributed by atoms with van der Waals surface area (Å²) in [6.45, 7) is 3.14. The van der Waals surface area contributed by atoms with E-state index in [1.54, 1.807) is 18.0 Å². The van der Waals surface area contributed by atoms with Gasteiger partial charge in [-0.1, -0.05) is 0 Å². The largest absolute Gasteiger partial charge is 0.339 e. The van der Waals surface area contributed by atoms with E-state index in [0.29, 0.717) is 18.7 Å². The Bertz CT molecular complexity index is 515. The van der Waals surface area contributed by atoms with Crippen LogP contribution in [0, 0.1) is 0 Å². The van der Waals surface area contributed by atoms with Gasteiger partial charge in [0.05, 0.1) is 19.7 Å². The van der Waals surface area contributed by atoms with Crippen molar-refractivity contribution >= 4 is 55.0 Å². The van der Waals surface area contributed by atoms with Crippen LogP contribution in [-0.2, 0) is 4.79 Å². The van der Waals surface area contributed by atoms with Gasteiger partial charge < -0.3 is 15.1 Å². The van der Waals surface area contributed by atoms with Crippen LogP contribution in [-0.4, -0.2) is 61.4 Å². The summed E-state index contributed by atoms with van der Waals surface area (Å²) in [5, 5.41) is 3.20. The van der Waals surface area contributed by atoms with E-state index in [1.807, 2.05) is 0 Å². The lowest BCUT2D eigenvalue weighted by atomic mass is 10.3. The molecular formula is C12H15Br2N3O2S. The first-order chi connectivity index (χ1) is 9.49.